The third-order valence-electron chi connectivity index (χ3n) is 3.30. The Balaban J connectivity index is 2.34. The van der Waals surface area contributed by atoms with E-state index in [1.807, 2.05) is 37.3 Å². The Morgan fingerprint density at radius 1 is 1.05 bits per heavy atom. The first-order valence-corrected chi connectivity index (χ1v) is 6.45. The average molecular weight is 253 g/mol. The summed E-state index contributed by atoms with van der Waals surface area (Å²) < 4.78 is 0. The van der Waals surface area contributed by atoms with Gasteiger partial charge in [0.15, 0.2) is 5.78 Å². The highest BCUT2D eigenvalue weighted by atomic mass is 16.1. The first kappa shape index (κ1) is 13.5. The fourth-order valence-corrected chi connectivity index (χ4v) is 1.98. The van der Waals surface area contributed by atoms with E-state index < -0.39 is 0 Å². The molecule has 0 fully saturated rings. The SMILES string of the molecule is Cc1ccncc1C(=O)c1ccc(C(C)(C)C)cc1. The summed E-state index contributed by atoms with van der Waals surface area (Å²) in [6.07, 6.45) is 3.34. The molecule has 0 aliphatic heterocycles. The second kappa shape index (κ2) is 4.96. The zero-order chi connectivity index (χ0) is 14.0. The molecule has 0 amide bonds. The number of aryl methyl sites for hydroxylation is 1. The fourth-order valence-electron chi connectivity index (χ4n) is 1.98. The molecule has 0 bridgehead atoms. The first-order chi connectivity index (χ1) is 8.89. The normalized spacial score (nSPS) is 11.4. The van der Waals surface area contributed by atoms with Gasteiger partial charge in [0.1, 0.15) is 0 Å². The van der Waals surface area contributed by atoms with Crippen LogP contribution in [0.3, 0.4) is 0 Å². The molecule has 0 saturated heterocycles. The summed E-state index contributed by atoms with van der Waals surface area (Å²) in [4.78, 5) is 16.4. The van der Waals surface area contributed by atoms with Crippen LogP contribution in [0.2, 0.25) is 0 Å². The molecular formula is C17H19NO. The fraction of sp³-hybridized carbons (Fsp3) is 0.294. The molecule has 1 heterocycles. The first-order valence-electron chi connectivity index (χ1n) is 6.45. The predicted molar refractivity (Wildman–Crippen MR) is 77.5 cm³/mol. The molecule has 1 aromatic heterocycles. The van der Waals surface area contributed by atoms with Crippen molar-refractivity contribution in [2.45, 2.75) is 33.1 Å². The molecule has 2 aromatic rings. The number of carbonyl (C=O) groups excluding carboxylic acids is 1. The van der Waals surface area contributed by atoms with Crippen LogP contribution >= 0.6 is 0 Å². The largest absolute Gasteiger partial charge is 0.289 e. The number of hydrogen-bond acceptors (Lipinski definition) is 2. The maximum absolute atomic E-state index is 12.4. The van der Waals surface area contributed by atoms with Crippen molar-refractivity contribution in [1.29, 1.82) is 0 Å². The number of pyridine rings is 1. The minimum Gasteiger partial charge on any atom is -0.289 e. The number of hydrogen-bond donors (Lipinski definition) is 0. The Morgan fingerprint density at radius 2 is 1.68 bits per heavy atom. The van der Waals surface area contributed by atoms with Crippen molar-refractivity contribution in [1.82, 2.24) is 4.98 Å². The molecule has 19 heavy (non-hydrogen) atoms. The van der Waals surface area contributed by atoms with Crippen molar-refractivity contribution in [3.05, 3.63) is 65.0 Å². The molecule has 0 atom stereocenters. The summed E-state index contributed by atoms with van der Waals surface area (Å²) in [5, 5.41) is 0. The summed E-state index contributed by atoms with van der Waals surface area (Å²) >= 11 is 0. The second-order valence-electron chi connectivity index (χ2n) is 5.85. The van der Waals surface area contributed by atoms with E-state index in [0.29, 0.717) is 11.1 Å². The maximum atomic E-state index is 12.4. The van der Waals surface area contributed by atoms with Gasteiger partial charge in [-0.3, -0.25) is 9.78 Å². The highest BCUT2D eigenvalue weighted by molar-refractivity contribution is 6.09. The topological polar surface area (TPSA) is 30.0 Å². The van der Waals surface area contributed by atoms with Gasteiger partial charge in [0.2, 0.25) is 0 Å². The van der Waals surface area contributed by atoms with Gasteiger partial charge in [-0.25, -0.2) is 0 Å². The standard InChI is InChI=1S/C17H19NO/c1-12-9-10-18-11-15(12)16(19)13-5-7-14(8-6-13)17(2,3)4/h5-11H,1-4H3. The van der Waals surface area contributed by atoms with Crippen LogP contribution < -0.4 is 0 Å². The monoisotopic (exact) mass is 253 g/mol. The van der Waals surface area contributed by atoms with Gasteiger partial charge < -0.3 is 0 Å². The third-order valence-corrected chi connectivity index (χ3v) is 3.30. The molecule has 0 unspecified atom stereocenters. The summed E-state index contributed by atoms with van der Waals surface area (Å²) in [7, 11) is 0. The predicted octanol–water partition coefficient (Wildman–Crippen LogP) is 3.92. The number of nitrogens with zero attached hydrogens (tertiary/aromatic N) is 1. The van der Waals surface area contributed by atoms with Gasteiger partial charge in [-0.15, -0.1) is 0 Å². The van der Waals surface area contributed by atoms with Gasteiger partial charge in [0.25, 0.3) is 0 Å². The van der Waals surface area contributed by atoms with E-state index in [-0.39, 0.29) is 11.2 Å². The molecule has 0 saturated carbocycles. The van der Waals surface area contributed by atoms with Crippen LogP contribution in [-0.4, -0.2) is 10.8 Å². The van der Waals surface area contributed by atoms with E-state index >= 15 is 0 Å². The lowest BCUT2D eigenvalue weighted by molar-refractivity contribution is 0.103. The lowest BCUT2D eigenvalue weighted by atomic mass is 9.86. The van der Waals surface area contributed by atoms with Gasteiger partial charge in [0, 0.05) is 23.5 Å². The Labute approximate surface area is 114 Å². The van der Waals surface area contributed by atoms with E-state index in [9.17, 15) is 4.79 Å². The van der Waals surface area contributed by atoms with Crippen molar-refractivity contribution in [2.24, 2.45) is 0 Å². The van der Waals surface area contributed by atoms with E-state index in [2.05, 4.69) is 25.8 Å². The summed E-state index contributed by atoms with van der Waals surface area (Å²) in [6, 6.07) is 9.71. The zero-order valence-corrected chi connectivity index (χ0v) is 11.9. The van der Waals surface area contributed by atoms with Crippen molar-refractivity contribution < 1.29 is 4.79 Å². The van der Waals surface area contributed by atoms with Crippen LogP contribution in [0.1, 0.15) is 47.8 Å². The van der Waals surface area contributed by atoms with E-state index in [1.54, 1.807) is 12.4 Å². The van der Waals surface area contributed by atoms with Crippen LogP contribution in [0.25, 0.3) is 0 Å². The summed E-state index contributed by atoms with van der Waals surface area (Å²) in [5.41, 5.74) is 3.67. The quantitative estimate of drug-likeness (QED) is 0.759. The molecular weight excluding hydrogens is 234 g/mol. The van der Waals surface area contributed by atoms with Crippen LogP contribution in [0, 0.1) is 6.92 Å². The van der Waals surface area contributed by atoms with E-state index in [1.165, 1.54) is 5.56 Å². The molecule has 1 aromatic carbocycles. The van der Waals surface area contributed by atoms with Crippen molar-refractivity contribution >= 4 is 5.78 Å². The van der Waals surface area contributed by atoms with Crippen molar-refractivity contribution in [2.75, 3.05) is 0 Å². The van der Waals surface area contributed by atoms with Gasteiger partial charge in [-0.2, -0.15) is 0 Å². The number of benzene rings is 1. The molecule has 0 spiro atoms. The van der Waals surface area contributed by atoms with E-state index in [0.717, 1.165) is 5.56 Å². The zero-order valence-electron chi connectivity index (χ0n) is 11.9. The van der Waals surface area contributed by atoms with Crippen molar-refractivity contribution in [3.8, 4) is 0 Å². The minimum atomic E-state index is 0.0334. The molecule has 98 valence electrons. The number of carbonyl (C=O) groups is 1. The summed E-state index contributed by atoms with van der Waals surface area (Å²) in [5.74, 6) is 0.0334. The molecule has 2 rings (SSSR count). The third kappa shape index (κ3) is 2.90. The van der Waals surface area contributed by atoms with Crippen LogP contribution in [0.15, 0.2) is 42.7 Å². The Hall–Kier alpha value is -1.96. The lowest BCUT2D eigenvalue weighted by Gasteiger charge is -2.19. The van der Waals surface area contributed by atoms with Gasteiger partial charge >= 0.3 is 0 Å². The highest BCUT2D eigenvalue weighted by Gasteiger charge is 2.15. The van der Waals surface area contributed by atoms with Crippen molar-refractivity contribution in [3.63, 3.8) is 0 Å². The minimum absolute atomic E-state index is 0.0334. The van der Waals surface area contributed by atoms with Crippen LogP contribution in [0.4, 0.5) is 0 Å². The Bertz CT molecular complexity index is 591. The van der Waals surface area contributed by atoms with E-state index in [4.69, 9.17) is 0 Å². The Morgan fingerprint density at radius 3 is 2.21 bits per heavy atom. The smallest absolute Gasteiger partial charge is 0.194 e. The van der Waals surface area contributed by atoms with Gasteiger partial charge in [-0.1, -0.05) is 45.0 Å². The highest BCUT2D eigenvalue weighted by Crippen LogP contribution is 2.23. The van der Waals surface area contributed by atoms with Gasteiger partial charge in [-0.05, 0) is 29.5 Å². The number of aromatic nitrogens is 1. The summed E-state index contributed by atoms with van der Waals surface area (Å²) in [6.45, 7) is 8.41. The lowest BCUT2D eigenvalue weighted by Crippen LogP contribution is -2.11. The molecule has 0 aliphatic carbocycles. The van der Waals surface area contributed by atoms with Crippen LogP contribution in [-0.2, 0) is 5.41 Å². The average Bonchev–Trinajstić information content (AvgIpc) is 2.38. The Kier molecular flexibility index (Phi) is 3.52. The van der Waals surface area contributed by atoms with Crippen LogP contribution in [0.5, 0.6) is 0 Å². The molecule has 2 nitrogen and oxygen atoms in total. The molecule has 0 aliphatic rings. The number of rotatable bonds is 2. The molecule has 0 radical (unpaired) electrons. The molecule has 0 N–H and O–H groups in total. The second-order valence-corrected chi connectivity index (χ2v) is 5.85. The van der Waals surface area contributed by atoms with Gasteiger partial charge in [0.05, 0.1) is 0 Å². The maximum Gasteiger partial charge on any atom is 0.194 e. The molecule has 2 heteroatoms. The number of ketones is 1.